The van der Waals surface area contributed by atoms with Crippen molar-refractivity contribution in [2.45, 2.75) is 73.1 Å². The Labute approximate surface area is 126 Å². The fraction of sp³-hybridized carbons (Fsp3) is 0.737. The van der Waals surface area contributed by atoms with Crippen LogP contribution in [0.4, 0.5) is 0 Å². The van der Waals surface area contributed by atoms with Gasteiger partial charge in [0, 0.05) is 0 Å². The van der Waals surface area contributed by atoms with Crippen LogP contribution in [0, 0.1) is 17.8 Å². The lowest BCUT2D eigenvalue weighted by atomic mass is 9.76. The van der Waals surface area contributed by atoms with Crippen LogP contribution in [0.3, 0.4) is 0 Å². The van der Waals surface area contributed by atoms with Gasteiger partial charge in [-0.05, 0) is 68.7 Å². The molecule has 1 aliphatic carbocycles. The highest BCUT2D eigenvalue weighted by Gasteiger charge is 2.22. The van der Waals surface area contributed by atoms with Gasteiger partial charge in [0.1, 0.15) is 0 Å². The molecule has 1 rings (SSSR count). The predicted octanol–water partition coefficient (Wildman–Crippen LogP) is 6.17. The fourth-order valence-corrected chi connectivity index (χ4v) is 3.51. The van der Waals surface area contributed by atoms with Crippen molar-refractivity contribution in [3.8, 4) is 0 Å². The van der Waals surface area contributed by atoms with Crippen LogP contribution in [-0.2, 0) is 0 Å². The van der Waals surface area contributed by atoms with Crippen molar-refractivity contribution in [1.29, 1.82) is 0 Å². The minimum Gasteiger partial charge on any atom is -0.264 e. The molecule has 0 saturated heterocycles. The van der Waals surface area contributed by atoms with Crippen molar-refractivity contribution < 1.29 is 0 Å². The van der Waals surface area contributed by atoms with Crippen molar-refractivity contribution in [3.63, 3.8) is 0 Å². The summed E-state index contributed by atoms with van der Waals surface area (Å²) in [4.78, 5) is 4.28. The zero-order valence-electron chi connectivity index (χ0n) is 14.2. The number of allylic oxidation sites excluding steroid dienone is 3. The third-order valence-corrected chi connectivity index (χ3v) is 4.88. The van der Waals surface area contributed by atoms with E-state index in [-0.39, 0.29) is 0 Å². The van der Waals surface area contributed by atoms with Gasteiger partial charge in [0.25, 0.3) is 0 Å². The number of nitrogens with zero attached hydrogens (tertiary/aromatic N) is 1. The summed E-state index contributed by atoms with van der Waals surface area (Å²) in [6.45, 7) is 15.1. The van der Waals surface area contributed by atoms with Crippen LogP contribution >= 0.6 is 0 Å². The van der Waals surface area contributed by atoms with Crippen molar-refractivity contribution in [2.75, 3.05) is 0 Å². The minimum atomic E-state index is 0.661. The van der Waals surface area contributed by atoms with Crippen LogP contribution < -0.4 is 0 Å². The van der Waals surface area contributed by atoms with Crippen LogP contribution in [0.2, 0.25) is 0 Å². The van der Waals surface area contributed by atoms with E-state index in [0.29, 0.717) is 5.92 Å². The van der Waals surface area contributed by atoms with Gasteiger partial charge in [-0.1, -0.05) is 46.1 Å². The van der Waals surface area contributed by atoms with E-state index in [0.717, 1.165) is 24.0 Å². The Morgan fingerprint density at radius 1 is 1.25 bits per heavy atom. The van der Waals surface area contributed by atoms with Gasteiger partial charge < -0.3 is 0 Å². The molecule has 1 atom stereocenters. The summed E-state index contributed by atoms with van der Waals surface area (Å²) in [7, 11) is 0. The summed E-state index contributed by atoms with van der Waals surface area (Å²) in [6, 6.07) is 0. The topological polar surface area (TPSA) is 12.4 Å². The standard InChI is InChI=1S/C19H33N/c1-7-8-15(3)19(20-6)17(5)13-16(4)18-11-9-14(2)10-12-18/h13-14,16,18H,6-12H2,1-5H3/b17-13+,19-15-/t14?,16-,18?/m0/s1. The van der Waals surface area contributed by atoms with Gasteiger partial charge in [-0.25, -0.2) is 0 Å². The molecule has 0 aromatic heterocycles. The zero-order valence-corrected chi connectivity index (χ0v) is 14.2. The van der Waals surface area contributed by atoms with Gasteiger partial charge in [-0.3, -0.25) is 4.99 Å². The molecule has 0 bridgehead atoms. The molecule has 0 aromatic carbocycles. The van der Waals surface area contributed by atoms with E-state index < -0.39 is 0 Å². The van der Waals surface area contributed by atoms with E-state index in [1.807, 2.05) is 0 Å². The molecule has 1 fully saturated rings. The quantitative estimate of drug-likeness (QED) is 0.406. The maximum absolute atomic E-state index is 4.28. The van der Waals surface area contributed by atoms with Crippen LogP contribution in [0.1, 0.15) is 73.1 Å². The summed E-state index contributed by atoms with van der Waals surface area (Å²) in [6.07, 6.45) is 10.3. The van der Waals surface area contributed by atoms with E-state index >= 15 is 0 Å². The minimum absolute atomic E-state index is 0.661. The number of rotatable bonds is 6. The summed E-state index contributed by atoms with van der Waals surface area (Å²) in [5.74, 6) is 2.45. The Morgan fingerprint density at radius 2 is 1.85 bits per heavy atom. The lowest BCUT2D eigenvalue weighted by molar-refractivity contribution is 0.249. The molecule has 1 heteroatoms. The monoisotopic (exact) mass is 275 g/mol. The molecule has 1 saturated carbocycles. The SMILES string of the molecule is C=NC(=C(/C)CCC)/C(C)=C/[C@H](C)C1CCC(C)CC1. The van der Waals surface area contributed by atoms with Gasteiger partial charge >= 0.3 is 0 Å². The molecular formula is C19H33N. The summed E-state index contributed by atoms with van der Waals surface area (Å²) >= 11 is 0. The molecule has 1 nitrogen and oxygen atoms in total. The van der Waals surface area contributed by atoms with E-state index in [1.165, 1.54) is 43.3 Å². The summed E-state index contributed by atoms with van der Waals surface area (Å²) in [5, 5.41) is 0. The predicted molar refractivity (Wildman–Crippen MR) is 91.2 cm³/mol. The van der Waals surface area contributed by atoms with Crippen LogP contribution in [-0.4, -0.2) is 6.72 Å². The summed E-state index contributed by atoms with van der Waals surface area (Å²) < 4.78 is 0. The molecule has 0 heterocycles. The van der Waals surface area contributed by atoms with E-state index in [9.17, 15) is 0 Å². The highest BCUT2D eigenvalue weighted by atomic mass is 14.7. The highest BCUT2D eigenvalue weighted by molar-refractivity contribution is 5.40. The molecule has 0 amide bonds. The first-order valence-electron chi connectivity index (χ1n) is 8.34. The second-order valence-corrected chi connectivity index (χ2v) is 6.77. The molecule has 0 unspecified atom stereocenters. The zero-order chi connectivity index (χ0) is 15.1. The third kappa shape index (κ3) is 4.92. The van der Waals surface area contributed by atoms with Crippen molar-refractivity contribution in [3.05, 3.63) is 22.9 Å². The molecule has 0 spiro atoms. The lowest BCUT2D eigenvalue weighted by Gasteiger charge is -2.29. The van der Waals surface area contributed by atoms with E-state index in [1.54, 1.807) is 0 Å². The Bertz CT molecular complexity index is 367. The van der Waals surface area contributed by atoms with E-state index in [4.69, 9.17) is 0 Å². The van der Waals surface area contributed by atoms with Gasteiger partial charge in [0.05, 0.1) is 5.70 Å². The number of hydrogen-bond acceptors (Lipinski definition) is 1. The Kier molecular flexibility index (Phi) is 7.26. The normalized spacial score (nSPS) is 26.9. The van der Waals surface area contributed by atoms with Gasteiger partial charge in [-0.2, -0.15) is 0 Å². The largest absolute Gasteiger partial charge is 0.264 e. The van der Waals surface area contributed by atoms with Crippen LogP contribution in [0.15, 0.2) is 27.9 Å². The molecule has 0 N–H and O–H groups in total. The van der Waals surface area contributed by atoms with Gasteiger partial charge in [0.15, 0.2) is 0 Å². The average molecular weight is 275 g/mol. The van der Waals surface area contributed by atoms with Crippen LogP contribution in [0.5, 0.6) is 0 Å². The third-order valence-electron chi connectivity index (χ3n) is 4.88. The first kappa shape index (κ1) is 17.2. The number of aliphatic imine (C=N–C) groups is 1. The molecule has 0 aromatic rings. The average Bonchev–Trinajstić information content (AvgIpc) is 2.40. The van der Waals surface area contributed by atoms with Crippen molar-refractivity contribution in [2.24, 2.45) is 22.7 Å². The second-order valence-electron chi connectivity index (χ2n) is 6.77. The first-order valence-corrected chi connectivity index (χ1v) is 8.34. The Morgan fingerprint density at radius 3 is 2.35 bits per heavy atom. The fourth-order valence-electron chi connectivity index (χ4n) is 3.51. The molecule has 0 aliphatic heterocycles. The van der Waals surface area contributed by atoms with Gasteiger partial charge in [-0.15, -0.1) is 0 Å². The van der Waals surface area contributed by atoms with Gasteiger partial charge in [0.2, 0.25) is 0 Å². The first-order chi connectivity index (χ1) is 9.49. The lowest BCUT2D eigenvalue weighted by Crippen LogP contribution is -2.18. The molecule has 0 radical (unpaired) electrons. The van der Waals surface area contributed by atoms with Crippen molar-refractivity contribution >= 4 is 6.72 Å². The smallest absolute Gasteiger partial charge is 0.0637 e. The Hall–Kier alpha value is -0.850. The second kappa shape index (κ2) is 8.44. The molecule has 1 aliphatic rings. The summed E-state index contributed by atoms with van der Waals surface area (Å²) in [5.41, 5.74) is 3.82. The molecule has 114 valence electrons. The highest BCUT2D eigenvalue weighted by Crippen LogP contribution is 2.34. The maximum atomic E-state index is 4.28. The molecule has 20 heavy (non-hydrogen) atoms. The Balaban J connectivity index is 2.75. The van der Waals surface area contributed by atoms with Crippen molar-refractivity contribution in [1.82, 2.24) is 0 Å². The number of hydrogen-bond donors (Lipinski definition) is 0. The molecular weight excluding hydrogens is 242 g/mol. The van der Waals surface area contributed by atoms with Crippen LogP contribution in [0.25, 0.3) is 0 Å². The maximum Gasteiger partial charge on any atom is 0.0637 e. The van der Waals surface area contributed by atoms with E-state index in [2.05, 4.69) is 52.4 Å².